The van der Waals surface area contributed by atoms with Gasteiger partial charge < -0.3 is 9.64 Å². The van der Waals surface area contributed by atoms with Crippen LogP contribution in [0.3, 0.4) is 0 Å². The van der Waals surface area contributed by atoms with Crippen LogP contribution in [-0.4, -0.2) is 47.8 Å². The normalized spacial score (nSPS) is 17.7. The largest absolute Gasteiger partial charge is 0.497 e. The molecule has 0 spiro atoms. The summed E-state index contributed by atoms with van der Waals surface area (Å²) in [6.45, 7) is 5.92. The van der Waals surface area contributed by atoms with Gasteiger partial charge in [-0.3, -0.25) is 14.5 Å². The van der Waals surface area contributed by atoms with Gasteiger partial charge in [0, 0.05) is 19.2 Å². The van der Waals surface area contributed by atoms with Crippen molar-refractivity contribution in [2.75, 3.05) is 30.9 Å². The average Bonchev–Trinajstić information content (AvgIpc) is 3.03. The Morgan fingerprint density at radius 2 is 1.80 bits per heavy atom. The molecule has 0 atom stereocenters. The second kappa shape index (κ2) is 11.6. The number of aliphatic imine (C=N–C) groups is 1. The third kappa shape index (κ3) is 6.14. The highest BCUT2D eigenvalue weighted by Crippen LogP contribution is 2.31. The van der Waals surface area contributed by atoms with Crippen molar-refractivity contribution >= 4 is 40.5 Å². The van der Waals surface area contributed by atoms with Gasteiger partial charge in [0.25, 0.3) is 5.91 Å². The number of anilines is 1. The summed E-state index contributed by atoms with van der Waals surface area (Å²) in [6.07, 6.45) is 6.26. The lowest BCUT2D eigenvalue weighted by Crippen LogP contribution is -2.35. The summed E-state index contributed by atoms with van der Waals surface area (Å²) in [5, 5.41) is 0.511. The minimum Gasteiger partial charge on any atom is -0.497 e. The summed E-state index contributed by atoms with van der Waals surface area (Å²) < 4.78 is 5.37. The minimum atomic E-state index is -0.212. The lowest BCUT2D eigenvalue weighted by atomic mass is 10.0. The Morgan fingerprint density at radius 3 is 2.46 bits per heavy atom. The Morgan fingerprint density at radius 1 is 1.09 bits per heavy atom. The summed E-state index contributed by atoms with van der Waals surface area (Å²) in [5.74, 6) is 1.23. The Kier molecular flexibility index (Phi) is 8.29. The molecule has 4 rings (SSSR count). The van der Waals surface area contributed by atoms with Gasteiger partial charge in [0.05, 0.1) is 18.6 Å². The van der Waals surface area contributed by atoms with Crippen molar-refractivity contribution in [3.8, 4) is 5.75 Å². The molecule has 2 aliphatic heterocycles. The predicted molar refractivity (Wildman–Crippen MR) is 144 cm³/mol. The van der Waals surface area contributed by atoms with Gasteiger partial charge in [-0.05, 0) is 48.1 Å². The quantitative estimate of drug-likeness (QED) is 0.487. The van der Waals surface area contributed by atoms with E-state index < -0.39 is 0 Å². The molecule has 0 radical (unpaired) electrons. The molecule has 6 nitrogen and oxygen atoms in total. The molecule has 1 saturated heterocycles. The number of rotatable bonds is 6. The van der Waals surface area contributed by atoms with Crippen LogP contribution in [0.2, 0.25) is 0 Å². The maximum absolute atomic E-state index is 13.5. The first-order valence-corrected chi connectivity index (χ1v) is 13.2. The van der Waals surface area contributed by atoms with Crippen LogP contribution >= 0.6 is 11.8 Å². The van der Waals surface area contributed by atoms with E-state index in [1.54, 1.807) is 12.0 Å². The van der Waals surface area contributed by atoms with E-state index in [9.17, 15) is 9.59 Å². The number of carbonyl (C=O) groups excluding carboxylic acids is 2. The van der Waals surface area contributed by atoms with Crippen molar-refractivity contribution in [2.24, 2.45) is 4.99 Å². The highest BCUT2D eigenvalue weighted by molar-refractivity contribution is 8.14. The number of hydrogen-bond acceptors (Lipinski definition) is 5. The molecular weight excluding hydrogens is 458 g/mol. The molecule has 0 unspecified atom stereocenters. The number of carbonyl (C=O) groups is 2. The van der Waals surface area contributed by atoms with E-state index >= 15 is 0 Å². The number of ether oxygens (including phenoxy) is 1. The zero-order chi connectivity index (χ0) is 24.8. The van der Waals surface area contributed by atoms with E-state index in [0.717, 1.165) is 31.5 Å². The molecule has 0 saturated carbocycles. The van der Waals surface area contributed by atoms with Gasteiger partial charge in [0.2, 0.25) is 5.91 Å². The van der Waals surface area contributed by atoms with Crippen LogP contribution in [0, 0.1) is 0 Å². The van der Waals surface area contributed by atoms with Gasteiger partial charge in [-0.1, -0.05) is 68.8 Å². The molecule has 2 aromatic rings. The zero-order valence-electron chi connectivity index (χ0n) is 20.7. The first-order valence-electron chi connectivity index (χ1n) is 12.3. The SMILES string of the molecule is COc1cccc(N2C(=O)/C(=C/c3ccc(C(C)C)cc3)N=C2SCC(=O)N2CCCCCC2)c1. The summed E-state index contributed by atoms with van der Waals surface area (Å²) in [7, 11) is 1.60. The van der Waals surface area contributed by atoms with Crippen molar-refractivity contribution in [3.05, 3.63) is 65.4 Å². The smallest absolute Gasteiger partial charge is 0.283 e. The van der Waals surface area contributed by atoms with Gasteiger partial charge in [-0.2, -0.15) is 0 Å². The van der Waals surface area contributed by atoms with E-state index in [4.69, 9.17) is 4.74 Å². The molecule has 1 fully saturated rings. The first kappa shape index (κ1) is 25.0. The number of hydrogen-bond donors (Lipinski definition) is 0. The molecule has 0 aliphatic carbocycles. The predicted octanol–water partition coefficient (Wildman–Crippen LogP) is 5.70. The van der Waals surface area contributed by atoms with Crippen molar-refractivity contribution in [2.45, 2.75) is 45.4 Å². The fraction of sp³-hybridized carbons (Fsp3) is 0.393. The molecular formula is C28H33N3O3S. The Balaban J connectivity index is 1.59. The molecule has 0 aromatic heterocycles. The second-order valence-corrected chi connectivity index (χ2v) is 10.1. The highest BCUT2D eigenvalue weighted by Gasteiger charge is 2.33. The summed E-state index contributed by atoms with van der Waals surface area (Å²) in [5.41, 5.74) is 3.19. The second-order valence-electron chi connectivity index (χ2n) is 9.17. The van der Waals surface area contributed by atoms with E-state index in [2.05, 4.69) is 31.0 Å². The van der Waals surface area contributed by atoms with Crippen LogP contribution in [0.25, 0.3) is 6.08 Å². The standard InChI is InChI=1S/C28H33N3O3S/c1-20(2)22-13-11-21(12-14-22)17-25-27(33)31(23-9-8-10-24(18-23)34-3)28(29-25)35-19-26(32)30-15-6-4-5-7-16-30/h8-14,17-18,20H,4-7,15-16,19H2,1-3H3/b25-17-. The topological polar surface area (TPSA) is 62.2 Å². The van der Waals surface area contributed by atoms with Crippen molar-refractivity contribution < 1.29 is 14.3 Å². The van der Waals surface area contributed by atoms with Gasteiger partial charge in [0.1, 0.15) is 11.4 Å². The number of likely N-dealkylation sites (tertiary alicyclic amines) is 1. The molecule has 0 bridgehead atoms. The highest BCUT2D eigenvalue weighted by atomic mass is 32.2. The van der Waals surface area contributed by atoms with Gasteiger partial charge >= 0.3 is 0 Å². The number of benzene rings is 2. The van der Waals surface area contributed by atoms with Crippen molar-refractivity contribution in [1.29, 1.82) is 0 Å². The summed E-state index contributed by atoms with van der Waals surface area (Å²) in [4.78, 5) is 34.6. The number of nitrogens with zero attached hydrogens (tertiary/aromatic N) is 3. The van der Waals surface area contributed by atoms with Crippen LogP contribution in [0.5, 0.6) is 5.75 Å². The number of amides is 2. The Labute approximate surface area is 212 Å². The van der Waals surface area contributed by atoms with E-state index in [0.29, 0.717) is 28.2 Å². The van der Waals surface area contributed by atoms with Gasteiger partial charge in [0.15, 0.2) is 5.17 Å². The van der Waals surface area contributed by atoms with Crippen LogP contribution in [-0.2, 0) is 9.59 Å². The summed E-state index contributed by atoms with van der Waals surface area (Å²) >= 11 is 1.32. The van der Waals surface area contributed by atoms with Gasteiger partial charge in [-0.25, -0.2) is 4.99 Å². The zero-order valence-corrected chi connectivity index (χ0v) is 21.5. The average molecular weight is 492 g/mol. The van der Waals surface area contributed by atoms with Crippen LogP contribution < -0.4 is 9.64 Å². The van der Waals surface area contributed by atoms with Gasteiger partial charge in [-0.15, -0.1) is 0 Å². The van der Waals surface area contributed by atoms with E-state index in [1.165, 1.54) is 30.2 Å². The fourth-order valence-electron chi connectivity index (χ4n) is 4.24. The Hall–Kier alpha value is -3.06. The first-order chi connectivity index (χ1) is 17.0. The molecule has 0 N–H and O–H groups in total. The maximum atomic E-state index is 13.5. The third-order valence-corrected chi connectivity index (χ3v) is 7.25. The number of thioether (sulfide) groups is 1. The molecule has 184 valence electrons. The molecule has 2 heterocycles. The lowest BCUT2D eigenvalue weighted by Gasteiger charge is -2.21. The van der Waals surface area contributed by atoms with Crippen LogP contribution in [0.4, 0.5) is 5.69 Å². The van der Waals surface area contributed by atoms with Crippen LogP contribution in [0.1, 0.15) is 56.6 Å². The van der Waals surface area contributed by atoms with E-state index in [-0.39, 0.29) is 17.6 Å². The maximum Gasteiger partial charge on any atom is 0.283 e. The molecule has 2 aliphatic rings. The summed E-state index contributed by atoms with van der Waals surface area (Å²) in [6, 6.07) is 15.5. The molecule has 35 heavy (non-hydrogen) atoms. The minimum absolute atomic E-state index is 0.0966. The van der Waals surface area contributed by atoms with Crippen LogP contribution in [0.15, 0.2) is 59.2 Å². The van der Waals surface area contributed by atoms with Crippen molar-refractivity contribution in [1.82, 2.24) is 4.90 Å². The number of methoxy groups -OCH3 is 1. The molecule has 7 heteroatoms. The van der Waals surface area contributed by atoms with Crippen molar-refractivity contribution in [3.63, 3.8) is 0 Å². The monoisotopic (exact) mass is 491 g/mol. The third-order valence-electron chi connectivity index (χ3n) is 6.33. The Bertz CT molecular complexity index is 1120. The molecule has 2 amide bonds. The fourth-order valence-corrected chi connectivity index (χ4v) is 5.16. The van der Waals surface area contributed by atoms with E-state index in [1.807, 2.05) is 47.4 Å². The lowest BCUT2D eigenvalue weighted by molar-refractivity contribution is -0.128. The number of amidine groups is 1. The molecule has 2 aromatic carbocycles.